The molecule has 1 aromatic carbocycles. The lowest BCUT2D eigenvalue weighted by Gasteiger charge is -2.04. The molecule has 0 saturated heterocycles. The first-order valence-corrected chi connectivity index (χ1v) is 7.94. The Kier molecular flexibility index (Phi) is 4.92. The minimum Gasteiger partial charge on any atom is -0.368 e. The number of benzene rings is 1. The fraction of sp³-hybridized carbons (Fsp3) is 0.167. The Labute approximate surface area is 148 Å². The standard InChI is InChI=1S/C18H17F2N5O/c1-3-22-18(21)24-7-12-10(2)23-8-13(12)17-14(9-25-26-17)11-5-4-6-15(19)16(11)20/h4-9,23H,3H2,1-2H3,(H2,21,22)/b24-7-. The van der Waals surface area contributed by atoms with Crippen molar-refractivity contribution in [2.24, 2.45) is 15.7 Å². The Morgan fingerprint density at radius 3 is 2.88 bits per heavy atom. The van der Waals surface area contributed by atoms with Gasteiger partial charge in [0.2, 0.25) is 5.96 Å². The molecule has 0 atom stereocenters. The molecule has 0 aliphatic heterocycles. The summed E-state index contributed by atoms with van der Waals surface area (Å²) in [5.74, 6) is -1.46. The van der Waals surface area contributed by atoms with E-state index >= 15 is 0 Å². The molecule has 0 unspecified atom stereocenters. The number of rotatable bonds is 4. The van der Waals surface area contributed by atoms with Crippen LogP contribution in [0.3, 0.4) is 0 Å². The number of guanidine groups is 1. The van der Waals surface area contributed by atoms with Crippen LogP contribution in [0.1, 0.15) is 18.2 Å². The van der Waals surface area contributed by atoms with Gasteiger partial charge in [-0.3, -0.25) is 4.99 Å². The largest absolute Gasteiger partial charge is 0.368 e. The van der Waals surface area contributed by atoms with Crippen LogP contribution in [0.4, 0.5) is 8.78 Å². The van der Waals surface area contributed by atoms with Gasteiger partial charge in [-0.25, -0.2) is 13.8 Å². The molecule has 0 aliphatic carbocycles. The predicted molar refractivity (Wildman–Crippen MR) is 96.1 cm³/mol. The van der Waals surface area contributed by atoms with Gasteiger partial charge in [0.25, 0.3) is 0 Å². The first-order chi connectivity index (χ1) is 12.5. The van der Waals surface area contributed by atoms with Gasteiger partial charge < -0.3 is 15.2 Å². The lowest BCUT2D eigenvalue weighted by atomic mass is 10.0. The number of nitrogens with two attached hydrogens (primary N) is 1. The van der Waals surface area contributed by atoms with Gasteiger partial charge in [-0.1, -0.05) is 17.3 Å². The summed E-state index contributed by atoms with van der Waals surface area (Å²) >= 11 is 0. The van der Waals surface area contributed by atoms with Crippen LogP contribution in [0.2, 0.25) is 0 Å². The van der Waals surface area contributed by atoms with Crippen molar-refractivity contribution in [3.05, 3.63) is 53.5 Å². The fourth-order valence-corrected chi connectivity index (χ4v) is 2.56. The molecule has 0 saturated carbocycles. The SMILES string of the molecule is CCN=C(N)/N=C\c1c(-c2oncc2-c2cccc(F)c2F)c[nH]c1C. The van der Waals surface area contributed by atoms with Gasteiger partial charge in [-0.2, -0.15) is 0 Å². The third kappa shape index (κ3) is 3.26. The number of nitrogens with one attached hydrogen (secondary N) is 1. The van der Waals surface area contributed by atoms with Crippen LogP contribution in [-0.2, 0) is 0 Å². The number of hydrogen-bond acceptors (Lipinski definition) is 3. The molecule has 0 radical (unpaired) electrons. The van der Waals surface area contributed by atoms with Crippen LogP contribution < -0.4 is 5.73 Å². The second-order valence-corrected chi connectivity index (χ2v) is 5.50. The second-order valence-electron chi connectivity index (χ2n) is 5.50. The average Bonchev–Trinajstić information content (AvgIpc) is 3.22. The van der Waals surface area contributed by atoms with Crippen molar-refractivity contribution in [1.82, 2.24) is 10.1 Å². The molecule has 2 aromatic heterocycles. The van der Waals surface area contributed by atoms with Crippen LogP contribution in [0.5, 0.6) is 0 Å². The summed E-state index contributed by atoms with van der Waals surface area (Å²) in [6.45, 7) is 4.22. The molecule has 3 N–H and O–H groups in total. The van der Waals surface area contributed by atoms with Crippen molar-refractivity contribution in [3.8, 4) is 22.5 Å². The summed E-state index contributed by atoms with van der Waals surface area (Å²) in [5.41, 5.74) is 8.19. The summed E-state index contributed by atoms with van der Waals surface area (Å²) in [4.78, 5) is 11.2. The predicted octanol–water partition coefficient (Wildman–Crippen LogP) is 3.68. The summed E-state index contributed by atoms with van der Waals surface area (Å²) in [6, 6.07) is 3.95. The smallest absolute Gasteiger partial charge is 0.215 e. The number of nitrogens with zero attached hydrogens (tertiary/aromatic N) is 3. The molecule has 6 nitrogen and oxygen atoms in total. The van der Waals surface area contributed by atoms with Gasteiger partial charge in [-0.15, -0.1) is 0 Å². The van der Waals surface area contributed by atoms with Crippen LogP contribution in [0, 0.1) is 18.6 Å². The summed E-state index contributed by atoms with van der Waals surface area (Å²) in [5, 5.41) is 3.75. The van der Waals surface area contributed by atoms with E-state index in [1.807, 2.05) is 13.8 Å². The third-order valence-electron chi connectivity index (χ3n) is 3.83. The van der Waals surface area contributed by atoms with E-state index in [1.165, 1.54) is 18.3 Å². The van der Waals surface area contributed by atoms with Gasteiger partial charge in [0.1, 0.15) is 0 Å². The zero-order chi connectivity index (χ0) is 18.7. The Morgan fingerprint density at radius 2 is 2.12 bits per heavy atom. The number of aliphatic imine (C=N–C) groups is 2. The molecule has 0 fully saturated rings. The number of aromatic amines is 1. The second kappa shape index (κ2) is 7.30. The van der Waals surface area contributed by atoms with Crippen LogP contribution >= 0.6 is 0 Å². The van der Waals surface area contributed by atoms with Gasteiger partial charge in [0.05, 0.1) is 11.8 Å². The van der Waals surface area contributed by atoms with Crippen LogP contribution in [-0.4, -0.2) is 28.9 Å². The Morgan fingerprint density at radius 1 is 1.31 bits per heavy atom. The van der Waals surface area contributed by atoms with Crippen molar-refractivity contribution < 1.29 is 13.3 Å². The Hall–Kier alpha value is -3.29. The Balaban J connectivity index is 2.09. The van der Waals surface area contributed by atoms with Crippen molar-refractivity contribution in [2.45, 2.75) is 13.8 Å². The van der Waals surface area contributed by atoms with E-state index in [4.69, 9.17) is 10.3 Å². The zero-order valence-electron chi connectivity index (χ0n) is 14.3. The van der Waals surface area contributed by atoms with Gasteiger partial charge in [-0.05, 0) is 19.9 Å². The van der Waals surface area contributed by atoms with Crippen molar-refractivity contribution in [3.63, 3.8) is 0 Å². The van der Waals surface area contributed by atoms with E-state index in [1.54, 1.807) is 12.4 Å². The number of aromatic nitrogens is 2. The van der Waals surface area contributed by atoms with Gasteiger partial charge in [0.15, 0.2) is 17.4 Å². The molecule has 0 aliphatic rings. The molecule has 0 bridgehead atoms. The minimum absolute atomic E-state index is 0.0649. The van der Waals surface area contributed by atoms with Gasteiger partial charge >= 0.3 is 0 Å². The highest BCUT2D eigenvalue weighted by Gasteiger charge is 2.21. The molecule has 2 heterocycles. The van der Waals surface area contributed by atoms with E-state index in [-0.39, 0.29) is 11.5 Å². The molecule has 3 rings (SSSR count). The van der Waals surface area contributed by atoms with E-state index in [9.17, 15) is 8.78 Å². The topological polar surface area (TPSA) is 92.6 Å². The molecule has 26 heavy (non-hydrogen) atoms. The molecule has 0 spiro atoms. The molecular weight excluding hydrogens is 340 g/mol. The maximum absolute atomic E-state index is 14.2. The first-order valence-electron chi connectivity index (χ1n) is 7.94. The molecule has 8 heteroatoms. The number of aryl methyl sites for hydroxylation is 1. The summed E-state index contributed by atoms with van der Waals surface area (Å²) in [6.07, 6.45) is 4.58. The number of halogens is 2. The number of H-pyrrole nitrogens is 1. The van der Waals surface area contributed by atoms with Crippen molar-refractivity contribution in [2.75, 3.05) is 6.54 Å². The highest BCUT2D eigenvalue weighted by atomic mass is 19.2. The normalized spacial score (nSPS) is 12.2. The zero-order valence-corrected chi connectivity index (χ0v) is 14.3. The Bertz CT molecular complexity index is 987. The highest BCUT2D eigenvalue weighted by Crippen LogP contribution is 2.36. The summed E-state index contributed by atoms with van der Waals surface area (Å²) in [7, 11) is 0. The van der Waals surface area contributed by atoms with E-state index in [0.29, 0.717) is 29.0 Å². The molecule has 134 valence electrons. The van der Waals surface area contributed by atoms with E-state index < -0.39 is 11.6 Å². The van der Waals surface area contributed by atoms with E-state index in [0.717, 1.165) is 11.8 Å². The van der Waals surface area contributed by atoms with Crippen LogP contribution in [0.25, 0.3) is 22.5 Å². The third-order valence-corrected chi connectivity index (χ3v) is 3.83. The van der Waals surface area contributed by atoms with E-state index in [2.05, 4.69) is 20.1 Å². The maximum Gasteiger partial charge on any atom is 0.215 e. The average molecular weight is 357 g/mol. The molecule has 3 aromatic rings. The highest BCUT2D eigenvalue weighted by molar-refractivity contribution is 5.99. The van der Waals surface area contributed by atoms with Gasteiger partial charge in [0, 0.05) is 41.3 Å². The van der Waals surface area contributed by atoms with Crippen molar-refractivity contribution in [1.29, 1.82) is 0 Å². The number of hydrogen-bond donors (Lipinski definition) is 2. The quantitative estimate of drug-likeness (QED) is 0.551. The minimum atomic E-state index is -0.959. The molecule has 0 amide bonds. The lowest BCUT2D eigenvalue weighted by Crippen LogP contribution is -2.09. The lowest BCUT2D eigenvalue weighted by molar-refractivity contribution is 0.432. The first kappa shape index (κ1) is 17.5. The molecular formula is C18H17F2N5O. The fourth-order valence-electron chi connectivity index (χ4n) is 2.56. The monoisotopic (exact) mass is 357 g/mol. The summed E-state index contributed by atoms with van der Waals surface area (Å²) < 4.78 is 33.1. The van der Waals surface area contributed by atoms with Crippen LogP contribution in [0.15, 0.2) is 45.1 Å². The van der Waals surface area contributed by atoms with Crippen molar-refractivity contribution >= 4 is 12.2 Å². The maximum atomic E-state index is 14.2.